The molecule has 0 unspecified atom stereocenters. The Balaban J connectivity index is 1.83. The van der Waals surface area contributed by atoms with E-state index in [1.54, 1.807) is 12.1 Å². The van der Waals surface area contributed by atoms with E-state index in [0.29, 0.717) is 5.56 Å². The van der Waals surface area contributed by atoms with E-state index in [9.17, 15) is 4.79 Å². The minimum atomic E-state index is -0.298. The number of ether oxygens (including phenoxy) is 1. The molecule has 0 amide bonds. The van der Waals surface area contributed by atoms with Crippen LogP contribution in [-0.4, -0.2) is 12.6 Å². The van der Waals surface area contributed by atoms with Gasteiger partial charge in [-0.05, 0) is 23.8 Å². The summed E-state index contributed by atoms with van der Waals surface area (Å²) in [5.74, 6) is -0.298. The monoisotopic (exact) mass is 238 g/mol. The Morgan fingerprint density at radius 2 is 1.56 bits per heavy atom. The second-order valence-electron chi connectivity index (χ2n) is 3.78. The van der Waals surface area contributed by atoms with Gasteiger partial charge in [-0.1, -0.05) is 54.6 Å². The van der Waals surface area contributed by atoms with Crippen LogP contribution in [-0.2, 0) is 4.74 Å². The average molecular weight is 238 g/mol. The lowest BCUT2D eigenvalue weighted by atomic mass is 10.2. The van der Waals surface area contributed by atoms with Crippen LogP contribution >= 0.6 is 0 Å². The number of esters is 1. The molecule has 0 radical (unpaired) electrons. The molecule has 0 saturated heterocycles. The molecular formula is C16H14O2. The largest absolute Gasteiger partial charge is 0.458 e. The third-order valence-electron chi connectivity index (χ3n) is 2.43. The van der Waals surface area contributed by atoms with E-state index in [1.807, 2.05) is 60.7 Å². The first-order chi connectivity index (χ1) is 8.86. The van der Waals surface area contributed by atoms with Crippen molar-refractivity contribution in [3.05, 3.63) is 77.9 Å². The summed E-state index contributed by atoms with van der Waals surface area (Å²) in [6, 6.07) is 18.9. The van der Waals surface area contributed by atoms with Gasteiger partial charge in [0.15, 0.2) is 0 Å². The predicted octanol–water partition coefficient (Wildman–Crippen LogP) is 3.56. The summed E-state index contributed by atoms with van der Waals surface area (Å²) in [7, 11) is 0. The zero-order valence-electron chi connectivity index (χ0n) is 9.95. The van der Waals surface area contributed by atoms with Crippen LogP contribution in [0.15, 0.2) is 66.7 Å². The quantitative estimate of drug-likeness (QED) is 0.761. The standard InChI is InChI=1S/C16H14O2/c17-16(15-11-5-2-6-12-15)18-13-7-10-14-8-3-1-4-9-14/h1-12H,13H2/b10-7-. The SMILES string of the molecule is O=C(OC/C=C\c1ccccc1)c1ccccc1. The first-order valence-corrected chi connectivity index (χ1v) is 5.80. The maximum Gasteiger partial charge on any atom is 0.338 e. The number of carbonyl (C=O) groups is 1. The predicted molar refractivity (Wildman–Crippen MR) is 72.2 cm³/mol. The van der Waals surface area contributed by atoms with Gasteiger partial charge in [-0.25, -0.2) is 4.79 Å². The lowest BCUT2D eigenvalue weighted by Crippen LogP contribution is -2.04. The Hall–Kier alpha value is -2.35. The van der Waals surface area contributed by atoms with Gasteiger partial charge < -0.3 is 4.74 Å². The van der Waals surface area contributed by atoms with Gasteiger partial charge in [-0.3, -0.25) is 0 Å². The number of carbonyl (C=O) groups excluding carboxylic acids is 1. The van der Waals surface area contributed by atoms with E-state index in [-0.39, 0.29) is 12.6 Å². The van der Waals surface area contributed by atoms with Gasteiger partial charge in [0, 0.05) is 0 Å². The normalized spacial score (nSPS) is 10.4. The van der Waals surface area contributed by atoms with Crippen LogP contribution in [0.5, 0.6) is 0 Å². The maximum atomic E-state index is 11.6. The summed E-state index contributed by atoms with van der Waals surface area (Å²) in [6.45, 7) is 0.280. The van der Waals surface area contributed by atoms with Crippen LogP contribution in [0.4, 0.5) is 0 Å². The van der Waals surface area contributed by atoms with Crippen molar-refractivity contribution in [2.75, 3.05) is 6.61 Å². The smallest absolute Gasteiger partial charge is 0.338 e. The molecule has 0 aromatic heterocycles. The molecule has 2 nitrogen and oxygen atoms in total. The Morgan fingerprint density at radius 1 is 0.944 bits per heavy atom. The molecule has 0 bridgehead atoms. The van der Waals surface area contributed by atoms with Crippen LogP contribution in [0.25, 0.3) is 6.08 Å². The van der Waals surface area contributed by atoms with Gasteiger partial charge in [-0.2, -0.15) is 0 Å². The van der Waals surface area contributed by atoms with Crippen LogP contribution in [0, 0.1) is 0 Å². The molecule has 2 aromatic rings. The zero-order valence-corrected chi connectivity index (χ0v) is 9.95. The Bertz CT molecular complexity index is 515. The lowest BCUT2D eigenvalue weighted by Gasteiger charge is -2.01. The minimum Gasteiger partial charge on any atom is -0.458 e. The molecule has 2 rings (SSSR count). The number of hydrogen-bond donors (Lipinski definition) is 0. The van der Waals surface area contributed by atoms with E-state index in [2.05, 4.69) is 0 Å². The summed E-state index contributed by atoms with van der Waals surface area (Å²) in [5, 5.41) is 0. The van der Waals surface area contributed by atoms with E-state index in [0.717, 1.165) is 5.56 Å². The van der Waals surface area contributed by atoms with Crippen molar-refractivity contribution in [2.45, 2.75) is 0 Å². The third-order valence-corrected chi connectivity index (χ3v) is 2.43. The van der Waals surface area contributed by atoms with Crippen molar-refractivity contribution in [1.29, 1.82) is 0 Å². The van der Waals surface area contributed by atoms with Gasteiger partial charge in [0.1, 0.15) is 6.61 Å². The summed E-state index contributed by atoms with van der Waals surface area (Å²) >= 11 is 0. The first-order valence-electron chi connectivity index (χ1n) is 5.80. The van der Waals surface area contributed by atoms with Crippen molar-refractivity contribution < 1.29 is 9.53 Å². The van der Waals surface area contributed by atoms with E-state index in [1.165, 1.54) is 0 Å². The Labute approximate surface area is 107 Å². The maximum absolute atomic E-state index is 11.6. The molecule has 0 heterocycles. The molecule has 0 atom stereocenters. The van der Waals surface area contributed by atoms with Gasteiger partial charge in [0.2, 0.25) is 0 Å². The molecule has 0 spiro atoms. The molecule has 0 saturated carbocycles. The van der Waals surface area contributed by atoms with E-state index in [4.69, 9.17) is 4.74 Å². The summed E-state index contributed by atoms with van der Waals surface area (Å²) in [5.41, 5.74) is 1.67. The molecule has 2 heteroatoms. The molecule has 0 aliphatic carbocycles. The van der Waals surface area contributed by atoms with Gasteiger partial charge >= 0.3 is 5.97 Å². The van der Waals surface area contributed by atoms with E-state index < -0.39 is 0 Å². The molecule has 0 fully saturated rings. The van der Waals surface area contributed by atoms with Gasteiger partial charge in [0.05, 0.1) is 5.56 Å². The number of rotatable bonds is 4. The van der Waals surface area contributed by atoms with Crippen molar-refractivity contribution in [2.24, 2.45) is 0 Å². The molecule has 90 valence electrons. The third kappa shape index (κ3) is 3.59. The highest BCUT2D eigenvalue weighted by molar-refractivity contribution is 5.89. The lowest BCUT2D eigenvalue weighted by molar-refractivity contribution is 0.0550. The number of hydrogen-bond acceptors (Lipinski definition) is 2. The van der Waals surface area contributed by atoms with Crippen LogP contribution in [0.1, 0.15) is 15.9 Å². The van der Waals surface area contributed by atoms with Crippen LogP contribution in [0.2, 0.25) is 0 Å². The highest BCUT2D eigenvalue weighted by Gasteiger charge is 2.03. The second kappa shape index (κ2) is 6.40. The van der Waals surface area contributed by atoms with Crippen molar-refractivity contribution in [3.8, 4) is 0 Å². The fraction of sp³-hybridized carbons (Fsp3) is 0.0625. The van der Waals surface area contributed by atoms with Crippen molar-refractivity contribution >= 4 is 12.0 Å². The molecule has 0 aliphatic rings. The first kappa shape index (κ1) is 12.1. The minimum absolute atomic E-state index is 0.280. The summed E-state index contributed by atoms with van der Waals surface area (Å²) in [6.07, 6.45) is 3.76. The molecule has 0 aliphatic heterocycles. The second-order valence-corrected chi connectivity index (χ2v) is 3.78. The molecule has 18 heavy (non-hydrogen) atoms. The highest BCUT2D eigenvalue weighted by Crippen LogP contribution is 2.03. The van der Waals surface area contributed by atoms with Gasteiger partial charge in [0.25, 0.3) is 0 Å². The summed E-state index contributed by atoms with van der Waals surface area (Å²) < 4.78 is 5.12. The summed E-state index contributed by atoms with van der Waals surface area (Å²) in [4.78, 5) is 11.6. The molecule has 2 aromatic carbocycles. The Morgan fingerprint density at radius 3 is 2.22 bits per heavy atom. The highest BCUT2D eigenvalue weighted by atomic mass is 16.5. The average Bonchev–Trinajstić information content (AvgIpc) is 2.45. The van der Waals surface area contributed by atoms with Crippen molar-refractivity contribution in [1.82, 2.24) is 0 Å². The van der Waals surface area contributed by atoms with Crippen LogP contribution in [0.3, 0.4) is 0 Å². The van der Waals surface area contributed by atoms with Crippen molar-refractivity contribution in [3.63, 3.8) is 0 Å². The topological polar surface area (TPSA) is 26.3 Å². The fourth-order valence-corrected chi connectivity index (χ4v) is 1.53. The van der Waals surface area contributed by atoms with Gasteiger partial charge in [-0.15, -0.1) is 0 Å². The molecule has 0 N–H and O–H groups in total. The molecular weight excluding hydrogens is 224 g/mol. The number of benzene rings is 2. The fourth-order valence-electron chi connectivity index (χ4n) is 1.53. The van der Waals surface area contributed by atoms with E-state index >= 15 is 0 Å². The Kier molecular flexibility index (Phi) is 4.31. The van der Waals surface area contributed by atoms with Crippen LogP contribution < -0.4 is 0 Å². The zero-order chi connectivity index (χ0) is 12.6.